The molecule has 3 fully saturated rings. The molecule has 55 heavy (non-hydrogen) atoms. The SMILES string of the molecule is C=CCCC(=O)N[C@H](COC)[C@H](OC(=O)[C@@H]1[C@H]2C(=O)N(CCCCCCO)[C@H](C(=O)N(CC=C)c3ccc4ccccc4c3)[C@]23CC[C@H]1O3)c1ccccc1. The van der Waals surface area contributed by atoms with Crippen molar-refractivity contribution in [1.29, 1.82) is 0 Å². The number of ether oxygens (including phenoxy) is 3. The molecule has 3 aromatic rings. The van der Waals surface area contributed by atoms with Crippen LogP contribution in [0.5, 0.6) is 0 Å². The quantitative estimate of drug-likeness (QED) is 0.0858. The molecule has 6 rings (SSSR count). The molecule has 3 heterocycles. The number of esters is 1. The van der Waals surface area contributed by atoms with Gasteiger partial charge in [-0.2, -0.15) is 0 Å². The van der Waals surface area contributed by atoms with Crippen molar-refractivity contribution in [2.24, 2.45) is 11.8 Å². The average molecular weight is 752 g/mol. The lowest BCUT2D eigenvalue weighted by molar-refractivity contribution is -0.163. The van der Waals surface area contributed by atoms with Crippen molar-refractivity contribution < 1.29 is 38.5 Å². The molecule has 11 heteroatoms. The maximum absolute atomic E-state index is 15.1. The number of rotatable bonds is 20. The standard InChI is InChI=1S/C44H53N3O8/c1-4-6-20-36(49)45-34(29-53-3)39(31-17-10-9-11-18-31)54-43(52)37-35-23-24-44(55-35)38(37)41(50)47(26-14-7-8-15-27-48)40(44)42(51)46(25-5-2)33-22-21-30-16-12-13-19-32(30)28-33/h4-5,9-13,16-19,21-22,28,34-35,37-40,48H,1-2,6-8,14-15,20,23-27,29H2,3H3,(H,45,49)/t34-,35-,37+,38+,39-,40-,44+/m1/s1. The molecule has 2 bridgehead atoms. The minimum Gasteiger partial charge on any atom is -0.455 e. The minimum atomic E-state index is -1.24. The number of benzene rings is 3. The molecule has 292 valence electrons. The van der Waals surface area contributed by atoms with Crippen LogP contribution in [0.4, 0.5) is 5.69 Å². The van der Waals surface area contributed by atoms with Gasteiger partial charge in [0, 0.05) is 38.9 Å². The lowest BCUT2D eigenvalue weighted by atomic mass is 9.70. The van der Waals surface area contributed by atoms with Gasteiger partial charge in [-0.05, 0) is 60.6 Å². The first-order valence-corrected chi connectivity index (χ1v) is 19.4. The number of unbranched alkanes of at least 4 members (excludes halogenated alkanes) is 3. The van der Waals surface area contributed by atoms with E-state index in [0.717, 1.165) is 23.6 Å². The zero-order valence-corrected chi connectivity index (χ0v) is 31.6. The van der Waals surface area contributed by atoms with Crippen LogP contribution in [0, 0.1) is 11.8 Å². The van der Waals surface area contributed by atoms with E-state index >= 15 is 4.79 Å². The Balaban J connectivity index is 1.33. The Kier molecular flexibility index (Phi) is 13.2. The van der Waals surface area contributed by atoms with Crippen LogP contribution in [-0.2, 0) is 33.4 Å². The van der Waals surface area contributed by atoms with E-state index < -0.39 is 47.7 Å². The van der Waals surface area contributed by atoms with Crippen molar-refractivity contribution in [2.75, 3.05) is 38.3 Å². The van der Waals surface area contributed by atoms with E-state index in [1.165, 1.54) is 7.11 Å². The van der Waals surface area contributed by atoms with Crippen molar-refractivity contribution in [3.05, 3.63) is 104 Å². The number of carbonyl (C=O) groups excluding carboxylic acids is 4. The van der Waals surface area contributed by atoms with Crippen LogP contribution in [0.15, 0.2) is 98.1 Å². The molecule has 0 unspecified atom stereocenters. The third kappa shape index (κ3) is 8.24. The molecule has 0 radical (unpaired) electrons. The molecule has 3 saturated heterocycles. The Morgan fingerprint density at radius 3 is 2.49 bits per heavy atom. The third-order valence-electron chi connectivity index (χ3n) is 11.2. The number of anilines is 1. The van der Waals surface area contributed by atoms with Crippen molar-refractivity contribution in [3.8, 4) is 0 Å². The topological polar surface area (TPSA) is 135 Å². The fourth-order valence-electron chi connectivity index (χ4n) is 8.76. The summed E-state index contributed by atoms with van der Waals surface area (Å²) in [5.74, 6) is -3.35. The number of allylic oxidation sites excluding steroid dienone is 1. The van der Waals surface area contributed by atoms with Crippen LogP contribution in [-0.4, -0.2) is 90.9 Å². The number of nitrogens with one attached hydrogen (secondary N) is 1. The number of carbonyl (C=O) groups is 4. The lowest BCUT2D eigenvalue weighted by Crippen LogP contribution is -2.56. The molecule has 3 aliphatic heterocycles. The van der Waals surface area contributed by atoms with Gasteiger partial charge in [-0.15, -0.1) is 13.2 Å². The first-order valence-electron chi connectivity index (χ1n) is 19.4. The highest BCUT2D eigenvalue weighted by Gasteiger charge is 2.75. The van der Waals surface area contributed by atoms with E-state index in [2.05, 4.69) is 18.5 Å². The summed E-state index contributed by atoms with van der Waals surface area (Å²) in [6.07, 6.45) is 6.20. The molecule has 3 aromatic carbocycles. The minimum absolute atomic E-state index is 0.0676. The zero-order chi connectivity index (χ0) is 39.0. The molecule has 3 amide bonds. The van der Waals surface area contributed by atoms with Crippen molar-refractivity contribution in [2.45, 2.75) is 81.3 Å². The predicted octanol–water partition coefficient (Wildman–Crippen LogP) is 5.67. The molecule has 0 aliphatic carbocycles. The summed E-state index contributed by atoms with van der Waals surface area (Å²) < 4.78 is 18.6. The van der Waals surface area contributed by atoms with Gasteiger partial charge in [-0.3, -0.25) is 19.2 Å². The Labute approximate surface area is 323 Å². The predicted molar refractivity (Wildman–Crippen MR) is 210 cm³/mol. The van der Waals surface area contributed by atoms with Gasteiger partial charge in [0.1, 0.15) is 17.7 Å². The fourth-order valence-corrected chi connectivity index (χ4v) is 8.76. The average Bonchev–Trinajstić information content (AvgIpc) is 3.85. The normalized spacial score (nSPS) is 23.6. The van der Waals surface area contributed by atoms with E-state index in [9.17, 15) is 19.5 Å². The second-order valence-electron chi connectivity index (χ2n) is 14.7. The number of likely N-dealkylation sites (tertiary alicyclic amines) is 1. The molecule has 2 N–H and O–H groups in total. The summed E-state index contributed by atoms with van der Waals surface area (Å²) >= 11 is 0. The summed E-state index contributed by atoms with van der Waals surface area (Å²) in [7, 11) is 1.51. The van der Waals surface area contributed by atoms with Gasteiger partial charge in [-0.1, -0.05) is 85.7 Å². The van der Waals surface area contributed by atoms with Crippen molar-refractivity contribution in [1.82, 2.24) is 10.2 Å². The van der Waals surface area contributed by atoms with Gasteiger partial charge >= 0.3 is 5.97 Å². The van der Waals surface area contributed by atoms with Gasteiger partial charge in [0.2, 0.25) is 11.8 Å². The number of hydrogen-bond donors (Lipinski definition) is 2. The highest BCUT2D eigenvalue weighted by Crippen LogP contribution is 2.59. The number of methoxy groups -OCH3 is 1. The fraction of sp³-hybridized carbons (Fsp3) is 0.455. The second-order valence-corrected chi connectivity index (χ2v) is 14.7. The maximum Gasteiger partial charge on any atom is 0.313 e. The highest BCUT2D eigenvalue weighted by molar-refractivity contribution is 6.05. The molecular weight excluding hydrogens is 698 g/mol. The van der Waals surface area contributed by atoms with Gasteiger partial charge < -0.3 is 34.4 Å². The van der Waals surface area contributed by atoms with Crippen LogP contribution in [0.25, 0.3) is 10.8 Å². The molecule has 1 spiro atoms. The summed E-state index contributed by atoms with van der Waals surface area (Å²) in [4.78, 5) is 60.7. The Hall–Kier alpha value is -4.84. The largest absolute Gasteiger partial charge is 0.455 e. The maximum atomic E-state index is 15.1. The lowest BCUT2D eigenvalue weighted by Gasteiger charge is -2.37. The van der Waals surface area contributed by atoms with Gasteiger partial charge in [0.05, 0.1) is 30.6 Å². The van der Waals surface area contributed by atoms with E-state index in [4.69, 9.17) is 14.2 Å². The van der Waals surface area contributed by atoms with Crippen molar-refractivity contribution >= 4 is 40.2 Å². The van der Waals surface area contributed by atoms with Crippen molar-refractivity contribution in [3.63, 3.8) is 0 Å². The summed E-state index contributed by atoms with van der Waals surface area (Å²) in [6, 6.07) is 21.2. The van der Waals surface area contributed by atoms with Gasteiger partial charge in [0.15, 0.2) is 0 Å². The first-order chi connectivity index (χ1) is 26.8. The third-order valence-corrected chi connectivity index (χ3v) is 11.2. The monoisotopic (exact) mass is 751 g/mol. The van der Waals surface area contributed by atoms with Crippen LogP contribution in [0.1, 0.15) is 63.0 Å². The van der Waals surface area contributed by atoms with Crippen LogP contribution in [0.2, 0.25) is 0 Å². The highest BCUT2D eigenvalue weighted by atomic mass is 16.6. The number of hydrogen-bond acceptors (Lipinski definition) is 8. The molecule has 3 aliphatic rings. The molecule has 7 atom stereocenters. The second kappa shape index (κ2) is 18.2. The number of aliphatic hydroxyl groups is 1. The van der Waals surface area contributed by atoms with Gasteiger partial charge in [0.25, 0.3) is 5.91 Å². The Bertz CT molecular complexity index is 1850. The summed E-state index contributed by atoms with van der Waals surface area (Å²) in [5, 5.41) is 14.3. The Morgan fingerprint density at radius 1 is 1.02 bits per heavy atom. The van der Waals surface area contributed by atoms with E-state index in [1.807, 2.05) is 72.8 Å². The van der Waals surface area contributed by atoms with Crippen LogP contribution >= 0.6 is 0 Å². The van der Waals surface area contributed by atoms with E-state index in [-0.39, 0.29) is 43.9 Å². The number of fused-ring (bicyclic) bond motifs is 2. The summed E-state index contributed by atoms with van der Waals surface area (Å²) in [6.45, 7) is 8.31. The first kappa shape index (κ1) is 39.8. The van der Waals surface area contributed by atoms with Gasteiger partial charge in [-0.25, -0.2) is 0 Å². The summed E-state index contributed by atoms with van der Waals surface area (Å²) in [5.41, 5.74) is 0.0931. The zero-order valence-electron chi connectivity index (χ0n) is 31.6. The molecular formula is C44H53N3O8. The van der Waals surface area contributed by atoms with Crippen LogP contribution in [0.3, 0.4) is 0 Å². The number of amides is 3. The van der Waals surface area contributed by atoms with E-state index in [1.54, 1.807) is 22.0 Å². The van der Waals surface area contributed by atoms with E-state index in [0.29, 0.717) is 49.9 Å². The smallest absolute Gasteiger partial charge is 0.313 e. The van der Waals surface area contributed by atoms with Crippen LogP contribution < -0.4 is 10.2 Å². The number of nitrogens with zero attached hydrogens (tertiary/aromatic N) is 2. The molecule has 0 aromatic heterocycles. The number of aliphatic hydroxyl groups excluding tert-OH is 1. The molecule has 11 nitrogen and oxygen atoms in total. The Morgan fingerprint density at radius 2 is 1.76 bits per heavy atom. The molecule has 0 saturated carbocycles.